The summed E-state index contributed by atoms with van der Waals surface area (Å²) >= 11 is 0. The Morgan fingerprint density at radius 2 is 1.74 bits per heavy atom. The van der Waals surface area contributed by atoms with Crippen LogP contribution in [0, 0.1) is 0 Å². The van der Waals surface area contributed by atoms with E-state index in [1.54, 1.807) is 0 Å². The maximum absolute atomic E-state index is 12.2. The first-order valence-electron chi connectivity index (χ1n) is 6.32. The van der Waals surface area contributed by atoms with E-state index in [1.807, 2.05) is 0 Å². The van der Waals surface area contributed by atoms with E-state index in [1.165, 1.54) is 18.2 Å². The van der Waals surface area contributed by atoms with Crippen molar-refractivity contribution in [3.8, 4) is 5.75 Å². The fourth-order valence-electron chi connectivity index (χ4n) is 1.51. The number of ether oxygens (including phenoxy) is 2. The molecule has 0 aromatic heterocycles. The van der Waals surface area contributed by atoms with Crippen molar-refractivity contribution >= 4 is 5.91 Å². The van der Waals surface area contributed by atoms with Crippen LogP contribution in [0.1, 0.15) is 12.0 Å². The summed E-state index contributed by atoms with van der Waals surface area (Å²) in [6.07, 6.45) is -9.70. The van der Waals surface area contributed by atoms with Crippen molar-refractivity contribution in [1.82, 2.24) is 5.32 Å². The molecular weight excluding hydrogens is 332 g/mol. The molecule has 10 heteroatoms. The highest BCUT2D eigenvalue weighted by molar-refractivity contribution is 5.76. The number of para-hydroxylation sites is 1. The highest BCUT2D eigenvalue weighted by Crippen LogP contribution is 2.26. The van der Waals surface area contributed by atoms with Crippen molar-refractivity contribution in [2.45, 2.75) is 25.5 Å². The Morgan fingerprint density at radius 3 is 2.35 bits per heavy atom. The van der Waals surface area contributed by atoms with E-state index in [-0.39, 0.29) is 18.5 Å². The number of hydrogen-bond acceptors (Lipinski definition) is 3. The number of alkyl halides is 6. The minimum absolute atomic E-state index is 0.0781. The van der Waals surface area contributed by atoms with Gasteiger partial charge in [0.1, 0.15) is 12.4 Å². The van der Waals surface area contributed by atoms with E-state index in [9.17, 15) is 31.1 Å². The molecular formula is C13H13F6NO3. The smallest absolute Gasteiger partial charge is 0.405 e. The predicted octanol–water partition coefficient (Wildman–Crippen LogP) is 3.17. The Kier molecular flexibility index (Phi) is 6.67. The lowest BCUT2D eigenvalue weighted by molar-refractivity contribution is -0.274. The van der Waals surface area contributed by atoms with Gasteiger partial charge >= 0.3 is 12.5 Å². The van der Waals surface area contributed by atoms with Crippen LogP contribution in [0.3, 0.4) is 0 Å². The highest BCUT2D eigenvalue weighted by Gasteiger charge is 2.32. The zero-order valence-electron chi connectivity index (χ0n) is 11.6. The molecule has 0 atom stereocenters. The molecule has 0 aliphatic carbocycles. The van der Waals surface area contributed by atoms with Gasteiger partial charge in [-0.15, -0.1) is 13.2 Å². The molecule has 130 valence electrons. The number of hydrogen-bond donors (Lipinski definition) is 1. The molecule has 4 nitrogen and oxygen atoms in total. The third-order valence-electron chi connectivity index (χ3n) is 2.41. The lowest BCUT2D eigenvalue weighted by Crippen LogP contribution is -2.26. The van der Waals surface area contributed by atoms with Gasteiger partial charge < -0.3 is 14.8 Å². The average Bonchev–Trinajstić information content (AvgIpc) is 2.40. The second-order valence-corrected chi connectivity index (χ2v) is 4.35. The minimum Gasteiger partial charge on any atom is -0.405 e. The summed E-state index contributed by atoms with van der Waals surface area (Å²) < 4.78 is 80.1. The molecule has 0 heterocycles. The minimum atomic E-state index is -4.87. The quantitative estimate of drug-likeness (QED) is 0.610. The van der Waals surface area contributed by atoms with Crippen LogP contribution >= 0.6 is 0 Å². The van der Waals surface area contributed by atoms with Crippen LogP contribution in [0.15, 0.2) is 24.3 Å². The summed E-state index contributed by atoms with van der Waals surface area (Å²) in [5.41, 5.74) is 0.0781. The fraction of sp³-hybridized carbons (Fsp3) is 0.462. The molecule has 1 rings (SSSR count). The summed E-state index contributed by atoms with van der Waals surface area (Å²) in [6, 6.07) is 5.19. The predicted molar refractivity (Wildman–Crippen MR) is 66.5 cm³/mol. The summed E-state index contributed by atoms with van der Waals surface area (Å²) in [4.78, 5) is 11.4. The van der Waals surface area contributed by atoms with E-state index >= 15 is 0 Å². The van der Waals surface area contributed by atoms with Crippen molar-refractivity contribution in [1.29, 1.82) is 0 Å². The van der Waals surface area contributed by atoms with Gasteiger partial charge in [-0.3, -0.25) is 4.79 Å². The van der Waals surface area contributed by atoms with E-state index in [4.69, 9.17) is 0 Å². The van der Waals surface area contributed by atoms with Crippen molar-refractivity contribution in [3.05, 3.63) is 29.8 Å². The third-order valence-corrected chi connectivity index (χ3v) is 2.41. The first-order valence-corrected chi connectivity index (χ1v) is 6.32. The van der Waals surface area contributed by atoms with Crippen LogP contribution in [-0.4, -0.2) is 31.7 Å². The fourth-order valence-corrected chi connectivity index (χ4v) is 1.51. The zero-order valence-corrected chi connectivity index (χ0v) is 11.6. The first-order chi connectivity index (χ1) is 10.6. The van der Waals surface area contributed by atoms with Crippen LogP contribution in [0.2, 0.25) is 0 Å². The SMILES string of the molecule is O=C(CCOCC(F)(F)F)NCc1ccccc1OC(F)(F)F. The van der Waals surface area contributed by atoms with Crippen LogP contribution < -0.4 is 10.1 Å². The lowest BCUT2D eigenvalue weighted by atomic mass is 10.2. The average molecular weight is 345 g/mol. The van der Waals surface area contributed by atoms with Gasteiger partial charge in [-0.25, -0.2) is 0 Å². The molecule has 0 fully saturated rings. The summed E-state index contributed by atoms with van der Waals surface area (Å²) in [5, 5.41) is 2.28. The maximum Gasteiger partial charge on any atom is 0.573 e. The normalized spacial score (nSPS) is 12.1. The summed E-state index contributed by atoms with van der Waals surface area (Å²) in [7, 11) is 0. The van der Waals surface area contributed by atoms with Crippen LogP contribution in [0.4, 0.5) is 26.3 Å². The molecule has 1 aromatic rings. The van der Waals surface area contributed by atoms with Gasteiger partial charge in [0.2, 0.25) is 5.91 Å². The molecule has 0 aliphatic rings. The second kappa shape index (κ2) is 8.04. The molecule has 0 saturated carbocycles. The van der Waals surface area contributed by atoms with E-state index < -0.39 is 37.4 Å². The number of benzene rings is 1. The van der Waals surface area contributed by atoms with Crippen LogP contribution in [0.5, 0.6) is 5.75 Å². The largest absolute Gasteiger partial charge is 0.573 e. The monoisotopic (exact) mass is 345 g/mol. The van der Waals surface area contributed by atoms with E-state index in [2.05, 4.69) is 14.8 Å². The Balaban J connectivity index is 2.41. The van der Waals surface area contributed by atoms with Gasteiger partial charge in [0.15, 0.2) is 0 Å². The number of carbonyl (C=O) groups excluding carboxylic acids is 1. The highest BCUT2D eigenvalue weighted by atomic mass is 19.4. The van der Waals surface area contributed by atoms with Gasteiger partial charge in [0, 0.05) is 18.5 Å². The zero-order chi connectivity index (χ0) is 17.5. The topological polar surface area (TPSA) is 47.6 Å². The number of halogens is 6. The number of carbonyl (C=O) groups is 1. The number of rotatable bonds is 7. The van der Waals surface area contributed by atoms with Crippen molar-refractivity contribution in [2.24, 2.45) is 0 Å². The molecule has 23 heavy (non-hydrogen) atoms. The second-order valence-electron chi connectivity index (χ2n) is 4.35. The third kappa shape index (κ3) is 8.91. The summed E-state index contributed by atoms with van der Waals surface area (Å²) in [5.74, 6) is -1.12. The van der Waals surface area contributed by atoms with Crippen molar-refractivity contribution < 1.29 is 40.6 Å². The first kappa shape index (κ1) is 19.1. The molecule has 1 N–H and O–H groups in total. The lowest BCUT2D eigenvalue weighted by Gasteiger charge is -2.13. The van der Waals surface area contributed by atoms with Gasteiger partial charge in [0.25, 0.3) is 0 Å². The molecule has 0 aliphatic heterocycles. The van der Waals surface area contributed by atoms with Gasteiger partial charge in [-0.2, -0.15) is 13.2 Å². The van der Waals surface area contributed by atoms with Crippen LogP contribution in [-0.2, 0) is 16.1 Å². The Hall–Kier alpha value is -1.97. The molecule has 1 aromatic carbocycles. The number of nitrogens with one attached hydrogen (secondary N) is 1. The van der Waals surface area contributed by atoms with Gasteiger partial charge in [-0.1, -0.05) is 18.2 Å². The molecule has 0 saturated heterocycles. The number of amides is 1. The molecule has 0 spiro atoms. The van der Waals surface area contributed by atoms with Crippen molar-refractivity contribution in [3.63, 3.8) is 0 Å². The molecule has 0 bridgehead atoms. The Bertz CT molecular complexity index is 515. The van der Waals surface area contributed by atoms with Crippen molar-refractivity contribution in [2.75, 3.05) is 13.2 Å². The summed E-state index contributed by atoms with van der Waals surface area (Å²) in [6.45, 7) is -2.18. The molecule has 1 amide bonds. The van der Waals surface area contributed by atoms with Gasteiger partial charge in [-0.05, 0) is 6.07 Å². The molecule has 0 radical (unpaired) electrons. The maximum atomic E-state index is 12.2. The van der Waals surface area contributed by atoms with Crippen LogP contribution in [0.25, 0.3) is 0 Å². The molecule has 0 unspecified atom stereocenters. The Morgan fingerprint density at radius 1 is 1.09 bits per heavy atom. The standard InChI is InChI=1S/C13H13F6NO3/c14-12(15,16)8-22-6-5-11(21)20-7-9-3-1-2-4-10(9)23-13(17,18)19/h1-4H,5-8H2,(H,20,21). The Labute approximate surface area is 127 Å². The van der Waals surface area contributed by atoms with E-state index in [0.29, 0.717) is 0 Å². The van der Waals surface area contributed by atoms with Gasteiger partial charge in [0.05, 0.1) is 6.61 Å². The van der Waals surface area contributed by atoms with E-state index in [0.717, 1.165) is 6.07 Å².